The molecule has 2 unspecified atom stereocenters. The Bertz CT molecular complexity index is 368. The van der Waals surface area contributed by atoms with Gasteiger partial charge in [0.05, 0.1) is 24.9 Å². The number of aliphatic hydroxyl groups excluding tert-OH is 1. The molecule has 0 aliphatic heterocycles. The summed E-state index contributed by atoms with van der Waals surface area (Å²) >= 11 is 0. The number of carbonyl (C=O) groups is 1. The molecule has 0 saturated carbocycles. The summed E-state index contributed by atoms with van der Waals surface area (Å²) in [5.74, 6) is -1.08. The summed E-state index contributed by atoms with van der Waals surface area (Å²) in [5.41, 5.74) is 5.84. The first-order valence-electron chi connectivity index (χ1n) is 5.07. The van der Waals surface area contributed by atoms with Gasteiger partial charge in [-0.1, -0.05) is 5.21 Å². The third-order valence-electron chi connectivity index (χ3n) is 2.09. The van der Waals surface area contributed by atoms with Gasteiger partial charge < -0.3 is 20.7 Å². The van der Waals surface area contributed by atoms with E-state index in [-0.39, 0.29) is 19.6 Å². The largest absolute Gasteiger partial charge is 0.480 e. The van der Waals surface area contributed by atoms with Crippen LogP contribution in [0.1, 0.15) is 5.69 Å². The van der Waals surface area contributed by atoms with Crippen molar-refractivity contribution in [3.05, 3.63) is 11.9 Å². The van der Waals surface area contributed by atoms with Crippen LogP contribution in [0, 0.1) is 0 Å². The molecule has 0 aromatic carbocycles. The summed E-state index contributed by atoms with van der Waals surface area (Å²) < 4.78 is 6.19. The Hall–Kier alpha value is -1.51. The molecule has 4 N–H and O–H groups in total. The fraction of sp³-hybridized carbons (Fsp3) is 0.667. The highest BCUT2D eigenvalue weighted by atomic mass is 16.5. The molecule has 0 saturated heterocycles. The summed E-state index contributed by atoms with van der Waals surface area (Å²) in [5, 5.41) is 25.6. The van der Waals surface area contributed by atoms with Gasteiger partial charge in [0.25, 0.3) is 0 Å². The summed E-state index contributed by atoms with van der Waals surface area (Å²) in [6, 6.07) is -0.996. The van der Waals surface area contributed by atoms with Crippen molar-refractivity contribution >= 4 is 5.97 Å². The van der Waals surface area contributed by atoms with Gasteiger partial charge in [-0.3, -0.25) is 4.79 Å². The monoisotopic (exact) mass is 244 g/mol. The number of rotatable bonds is 7. The minimum Gasteiger partial charge on any atom is -0.480 e. The third-order valence-corrected chi connectivity index (χ3v) is 2.09. The Kier molecular flexibility index (Phi) is 5.01. The van der Waals surface area contributed by atoms with E-state index in [2.05, 4.69) is 10.3 Å². The molecule has 0 amide bonds. The SMILES string of the molecule is COCC(O)Cn1cc(CC(N)C(=O)O)nn1. The minimum atomic E-state index is -1.08. The van der Waals surface area contributed by atoms with Gasteiger partial charge in [-0.15, -0.1) is 5.10 Å². The highest BCUT2D eigenvalue weighted by Crippen LogP contribution is 1.99. The summed E-state index contributed by atoms with van der Waals surface area (Å²) in [6.45, 7) is 0.437. The first-order valence-corrected chi connectivity index (χ1v) is 5.07. The zero-order chi connectivity index (χ0) is 12.8. The van der Waals surface area contributed by atoms with E-state index in [1.807, 2.05) is 0 Å². The number of aromatic nitrogens is 3. The van der Waals surface area contributed by atoms with Crippen molar-refractivity contribution in [1.82, 2.24) is 15.0 Å². The van der Waals surface area contributed by atoms with Gasteiger partial charge in [-0.05, 0) is 0 Å². The van der Waals surface area contributed by atoms with Crippen LogP contribution >= 0.6 is 0 Å². The number of nitrogens with two attached hydrogens (primary N) is 1. The maximum atomic E-state index is 10.5. The second-order valence-electron chi connectivity index (χ2n) is 3.69. The van der Waals surface area contributed by atoms with Crippen molar-refractivity contribution in [1.29, 1.82) is 0 Å². The Morgan fingerprint density at radius 2 is 2.41 bits per heavy atom. The minimum absolute atomic E-state index is 0.107. The Labute approximate surface area is 98.0 Å². The van der Waals surface area contributed by atoms with Gasteiger partial charge in [0, 0.05) is 19.7 Å². The summed E-state index contributed by atoms with van der Waals surface area (Å²) in [7, 11) is 1.49. The molecule has 1 aromatic rings. The van der Waals surface area contributed by atoms with E-state index in [1.165, 1.54) is 11.8 Å². The van der Waals surface area contributed by atoms with Gasteiger partial charge >= 0.3 is 5.97 Å². The molecule has 8 heteroatoms. The maximum Gasteiger partial charge on any atom is 0.320 e. The van der Waals surface area contributed by atoms with Crippen LogP contribution in [0.3, 0.4) is 0 Å². The van der Waals surface area contributed by atoms with E-state index in [0.717, 1.165) is 0 Å². The van der Waals surface area contributed by atoms with Crippen molar-refractivity contribution in [3.8, 4) is 0 Å². The third kappa shape index (κ3) is 4.47. The molecule has 1 aromatic heterocycles. The second kappa shape index (κ2) is 6.28. The molecule has 96 valence electrons. The van der Waals surface area contributed by atoms with E-state index in [1.54, 1.807) is 6.20 Å². The number of carboxylic acids is 1. The van der Waals surface area contributed by atoms with Crippen molar-refractivity contribution in [2.75, 3.05) is 13.7 Å². The smallest absolute Gasteiger partial charge is 0.320 e. The molecule has 0 spiro atoms. The standard InChI is InChI=1S/C9H16N4O4/c1-17-5-7(14)4-13-3-6(11-12-13)2-8(10)9(15)16/h3,7-8,14H,2,4-5,10H2,1H3,(H,15,16). The maximum absolute atomic E-state index is 10.5. The molecular weight excluding hydrogens is 228 g/mol. The van der Waals surface area contributed by atoms with Gasteiger partial charge in [0.15, 0.2) is 0 Å². The Morgan fingerprint density at radius 3 is 3.00 bits per heavy atom. The van der Waals surface area contributed by atoms with Crippen molar-refractivity contribution in [2.24, 2.45) is 5.73 Å². The number of aliphatic carboxylic acids is 1. The van der Waals surface area contributed by atoms with Crippen molar-refractivity contribution in [3.63, 3.8) is 0 Å². The predicted molar refractivity (Wildman–Crippen MR) is 57.2 cm³/mol. The molecule has 0 bridgehead atoms. The van der Waals surface area contributed by atoms with Crippen LogP contribution in [0.5, 0.6) is 0 Å². The zero-order valence-electron chi connectivity index (χ0n) is 9.48. The highest BCUT2D eigenvalue weighted by molar-refractivity contribution is 5.73. The lowest BCUT2D eigenvalue weighted by atomic mass is 10.2. The van der Waals surface area contributed by atoms with Crippen LogP contribution in [0.4, 0.5) is 0 Å². The Balaban J connectivity index is 2.50. The predicted octanol–water partition coefficient (Wildman–Crippen LogP) is -1.76. The second-order valence-corrected chi connectivity index (χ2v) is 3.69. The highest BCUT2D eigenvalue weighted by Gasteiger charge is 2.15. The summed E-state index contributed by atoms with van der Waals surface area (Å²) in [4.78, 5) is 10.5. The molecule has 0 aliphatic rings. The lowest BCUT2D eigenvalue weighted by Crippen LogP contribution is -2.32. The van der Waals surface area contributed by atoms with Crippen LogP contribution in [0.25, 0.3) is 0 Å². The van der Waals surface area contributed by atoms with Gasteiger partial charge in [0.2, 0.25) is 0 Å². The lowest BCUT2D eigenvalue weighted by molar-refractivity contribution is -0.138. The zero-order valence-corrected chi connectivity index (χ0v) is 9.48. The lowest BCUT2D eigenvalue weighted by Gasteiger charge is -2.07. The molecule has 0 fully saturated rings. The number of methoxy groups -OCH3 is 1. The van der Waals surface area contributed by atoms with Crippen molar-refractivity contribution in [2.45, 2.75) is 25.1 Å². The number of hydrogen-bond donors (Lipinski definition) is 3. The molecule has 0 aliphatic carbocycles. The van der Waals surface area contributed by atoms with E-state index in [9.17, 15) is 9.90 Å². The van der Waals surface area contributed by atoms with Crippen LogP contribution in [-0.4, -0.2) is 57.0 Å². The normalized spacial score (nSPS) is 14.5. The van der Waals surface area contributed by atoms with E-state index >= 15 is 0 Å². The quantitative estimate of drug-likeness (QED) is 0.519. The molecular formula is C9H16N4O4. The topological polar surface area (TPSA) is 123 Å². The average Bonchev–Trinajstić information content (AvgIpc) is 2.65. The number of hydrogen-bond acceptors (Lipinski definition) is 6. The molecule has 1 rings (SSSR count). The number of nitrogens with zero attached hydrogens (tertiary/aromatic N) is 3. The van der Waals surface area contributed by atoms with E-state index in [0.29, 0.717) is 5.69 Å². The van der Waals surface area contributed by atoms with Crippen LogP contribution in [0.2, 0.25) is 0 Å². The van der Waals surface area contributed by atoms with Crippen LogP contribution in [0.15, 0.2) is 6.20 Å². The molecule has 17 heavy (non-hydrogen) atoms. The molecule has 8 nitrogen and oxygen atoms in total. The van der Waals surface area contributed by atoms with Gasteiger partial charge in [-0.2, -0.15) is 0 Å². The van der Waals surface area contributed by atoms with E-state index in [4.69, 9.17) is 15.6 Å². The van der Waals surface area contributed by atoms with Crippen LogP contribution in [-0.2, 0) is 22.5 Å². The van der Waals surface area contributed by atoms with Crippen LogP contribution < -0.4 is 5.73 Å². The summed E-state index contributed by atoms with van der Waals surface area (Å²) in [6.07, 6.45) is 0.986. The number of aliphatic hydroxyl groups is 1. The number of ether oxygens (including phenoxy) is 1. The van der Waals surface area contributed by atoms with Gasteiger partial charge in [-0.25, -0.2) is 4.68 Å². The first-order chi connectivity index (χ1) is 8.02. The fourth-order valence-electron chi connectivity index (χ4n) is 1.29. The first kappa shape index (κ1) is 13.6. The fourth-order valence-corrected chi connectivity index (χ4v) is 1.29. The Morgan fingerprint density at radius 1 is 1.71 bits per heavy atom. The average molecular weight is 244 g/mol. The van der Waals surface area contributed by atoms with E-state index < -0.39 is 18.1 Å². The van der Waals surface area contributed by atoms with Crippen molar-refractivity contribution < 1.29 is 19.7 Å². The molecule has 1 heterocycles. The van der Waals surface area contributed by atoms with Gasteiger partial charge in [0.1, 0.15) is 6.04 Å². The molecule has 0 radical (unpaired) electrons. The number of carboxylic acid groups (broad SMARTS) is 1. The molecule has 2 atom stereocenters.